The molecule has 7 nitrogen and oxygen atoms in total. The van der Waals surface area contributed by atoms with Crippen molar-refractivity contribution in [3.8, 4) is 12.3 Å². The van der Waals surface area contributed by atoms with Crippen LogP contribution in [0, 0.1) is 22.5 Å². The Morgan fingerprint density at radius 3 is 3.19 bits per heavy atom. The summed E-state index contributed by atoms with van der Waals surface area (Å²) in [5.41, 5.74) is 0. The highest BCUT2D eigenvalue weighted by atomic mass is 16.7. The molecule has 0 radical (unpaired) electrons. The van der Waals surface area contributed by atoms with Crippen LogP contribution in [0.3, 0.4) is 0 Å². The van der Waals surface area contributed by atoms with Crippen molar-refractivity contribution in [1.29, 1.82) is 0 Å². The maximum Gasteiger partial charge on any atom is 0.273 e. The topological polar surface area (TPSA) is 80.0 Å². The molecule has 16 heavy (non-hydrogen) atoms. The molecule has 0 aromatic rings. The molecule has 1 N–H and O–H groups in total. The van der Waals surface area contributed by atoms with E-state index in [-0.39, 0.29) is 18.8 Å². The maximum atomic E-state index is 10.3. The molecule has 0 amide bonds. The number of hydrogen-bond acceptors (Lipinski definition) is 3. The Hall–Kier alpha value is -1.81. The van der Waals surface area contributed by atoms with Gasteiger partial charge in [0.15, 0.2) is 5.03 Å². The van der Waals surface area contributed by atoms with Crippen LogP contribution in [0.2, 0.25) is 0 Å². The van der Waals surface area contributed by atoms with Gasteiger partial charge in [0.25, 0.3) is 5.96 Å². The number of guanidine groups is 1. The van der Waals surface area contributed by atoms with Gasteiger partial charge < -0.3 is 15.0 Å². The number of terminal acetylenes is 1. The van der Waals surface area contributed by atoms with Crippen LogP contribution in [0.1, 0.15) is 13.3 Å². The van der Waals surface area contributed by atoms with Gasteiger partial charge in [-0.15, -0.1) is 6.42 Å². The lowest BCUT2D eigenvalue weighted by molar-refractivity contribution is -0.486. The summed E-state index contributed by atoms with van der Waals surface area (Å²) < 4.78 is 5.38. The van der Waals surface area contributed by atoms with Gasteiger partial charge in [-0.3, -0.25) is 0 Å². The van der Waals surface area contributed by atoms with E-state index in [0.29, 0.717) is 19.5 Å². The number of rotatable bonds is 5. The highest BCUT2D eigenvalue weighted by molar-refractivity contribution is 5.81. The molecule has 1 heterocycles. The average molecular weight is 226 g/mol. The molecule has 1 atom stereocenters. The Morgan fingerprint density at radius 2 is 2.62 bits per heavy atom. The van der Waals surface area contributed by atoms with Crippen molar-refractivity contribution in [3.05, 3.63) is 10.1 Å². The van der Waals surface area contributed by atoms with Crippen molar-refractivity contribution in [2.24, 2.45) is 5.10 Å². The first-order chi connectivity index (χ1) is 7.69. The van der Waals surface area contributed by atoms with Crippen molar-refractivity contribution in [2.45, 2.75) is 19.6 Å². The predicted octanol–water partition coefficient (Wildman–Crippen LogP) is -0.175. The van der Waals surface area contributed by atoms with Crippen LogP contribution in [-0.2, 0) is 4.74 Å². The van der Waals surface area contributed by atoms with Gasteiger partial charge in [0.05, 0.1) is 0 Å². The Kier molecular flexibility index (Phi) is 4.54. The third-order valence-electron chi connectivity index (χ3n) is 2.14. The molecule has 0 saturated carbocycles. The fourth-order valence-electron chi connectivity index (χ4n) is 1.52. The Bertz CT molecular complexity index is 323. The molecule has 1 rings (SSSR count). The molecular formula is C9H14N4O3. The fraction of sp³-hybridized carbons (Fsp3) is 0.667. The minimum absolute atomic E-state index is 0.181. The molecule has 1 unspecified atom stereocenters. The van der Waals surface area contributed by atoms with E-state index in [2.05, 4.69) is 16.3 Å². The van der Waals surface area contributed by atoms with Crippen LogP contribution in [-0.4, -0.2) is 41.8 Å². The van der Waals surface area contributed by atoms with Crippen molar-refractivity contribution in [3.63, 3.8) is 0 Å². The summed E-state index contributed by atoms with van der Waals surface area (Å²) in [7, 11) is 0. The SMILES string of the molecule is C#CCOC(CC)N1CCNC1=N[N+](=O)[O-]. The normalized spacial score (nSPS) is 19.2. The number of nitrogens with zero attached hydrogens (tertiary/aromatic N) is 3. The fourth-order valence-corrected chi connectivity index (χ4v) is 1.52. The van der Waals surface area contributed by atoms with Crippen molar-refractivity contribution >= 4 is 5.96 Å². The van der Waals surface area contributed by atoms with Crippen LogP contribution in [0.25, 0.3) is 0 Å². The van der Waals surface area contributed by atoms with Crippen LogP contribution < -0.4 is 5.32 Å². The first kappa shape index (κ1) is 12.3. The van der Waals surface area contributed by atoms with Crippen molar-refractivity contribution < 1.29 is 9.77 Å². The summed E-state index contributed by atoms with van der Waals surface area (Å²) in [5, 5.41) is 15.7. The number of hydrazone groups is 1. The highest BCUT2D eigenvalue weighted by Crippen LogP contribution is 2.09. The molecule has 1 aliphatic heterocycles. The number of ether oxygens (including phenoxy) is 1. The zero-order chi connectivity index (χ0) is 12.0. The summed E-state index contributed by atoms with van der Waals surface area (Å²) in [5.74, 6) is 2.60. The Labute approximate surface area is 93.6 Å². The second kappa shape index (κ2) is 5.92. The lowest BCUT2D eigenvalue weighted by atomic mass is 10.4. The van der Waals surface area contributed by atoms with E-state index in [4.69, 9.17) is 11.2 Å². The van der Waals surface area contributed by atoms with Crippen LogP contribution >= 0.6 is 0 Å². The van der Waals surface area contributed by atoms with E-state index in [1.54, 1.807) is 4.90 Å². The summed E-state index contributed by atoms with van der Waals surface area (Å²) in [6.07, 6.45) is 5.51. The number of hydrogen-bond donors (Lipinski definition) is 1. The Morgan fingerprint density at radius 1 is 1.88 bits per heavy atom. The third kappa shape index (κ3) is 3.10. The van der Waals surface area contributed by atoms with E-state index in [9.17, 15) is 10.1 Å². The standard InChI is InChI=1S/C9H14N4O3/c1-3-7-16-8(4-2)12-6-5-10-9(12)11-13(14)15/h1,8H,4-7H2,2H3,(H,10,11). The smallest absolute Gasteiger partial charge is 0.273 e. The molecule has 0 spiro atoms. The van der Waals surface area contributed by atoms with Gasteiger partial charge in [-0.05, 0) is 6.42 Å². The van der Waals surface area contributed by atoms with Gasteiger partial charge in [-0.1, -0.05) is 12.8 Å². The van der Waals surface area contributed by atoms with E-state index in [0.717, 1.165) is 0 Å². The van der Waals surface area contributed by atoms with Crippen LogP contribution in [0.4, 0.5) is 0 Å². The molecule has 1 aliphatic rings. The molecular weight excluding hydrogens is 212 g/mol. The molecule has 0 bridgehead atoms. The molecule has 0 aromatic heterocycles. The van der Waals surface area contributed by atoms with Crippen LogP contribution in [0.15, 0.2) is 5.10 Å². The number of nitro groups is 1. The van der Waals surface area contributed by atoms with Crippen LogP contribution in [0.5, 0.6) is 0 Å². The van der Waals surface area contributed by atoms with E-state index < -0.39 is 5.03 Å². The molecule has 1 saturated heterocycles. The largest absolute Gasteiger partial charge is 0.349 e. The monoisotopic (exact) mass is 226 g/mol. The first-order valence-corrected chi connectivity index (χ1v) is 4.97. The molecule has 0 aliphatic carbocycles. The highest BCUT2D eigenvalue weighted by Gasteiger charge is 2.28. The predicted molar refractivity (Wildman–Crippen MR) is 58.0 cm³/mol. The molecule has 88 valence electrons. The minimum Gasteiger partial charge on any atom is -0.349 e. The van der Waals surface area contributed by atoms with Crippen molar-refractivity contribution in [1.82, 2.24) is 10.2 Å². The van der Waals surface area contributed by atoms with Gasteiger partial charge in [0, 0.05) is 13.1 Å². The van der Waals surface area contributed by atoms with Gasteiger partial charge in [0.1, 0.15) is 17.9 Å². The summed E-state index contributed by atoms with van der Waals surface area (Å²) in [6.45, 7) is 3.34. The summed E-state index contributed by atoms with van der Waals surface area (Å²) in [4.78, 5) is 12.0. The summed E-state index contributed by atoms with van der Waals surface area (Å²) in [6, 6.07) is 0. The zero-order valence-electron chi connectivity index (χ0n) is 9.05. The van der Waals surface area contributed by atoms with Gasteiger partial charge in [0.2, 0.25) is 0 Å². The number of nitrogens with one attached hydrogen (secondary N) is 1. The molecule has 7 heteroatoms. The van der Waals surface area contributed by atoms with Gasteiger partial charge in [-0.25, -0.2) is 10.1 Å². The molecule has 1 fully saturated rings. The minimum atomic E-state index is -0.728. The van der Waals surface area contributed by atoms with Crippen molar-refractivity contribution in [2.75, 3.05) is 19.7 Å². The maximum absolute atomic E-state index is 10.3. The molecule has 0 aromatic carbocycles. The van der Waals surface area contributed by atoms with Gasteiger partial charge >= 0.3 is 0 Å². The van der Waals surface area contributed by atoms with E-state index in [1.165, 1.54) is 0 Å². The third-order valence-corrected chi connectivity index (χ3v) is 2.14. The second-order valence-corrected chi connectivity index (χ2v) is 3.16. The average Bonchev–Trinajstić information content (AvgIpc) is 2.67. The Balaban J connectivity index is 2.68. The van der Waals surface area contributed by atoms with E-state index in [1.807, 2.05) is 6.92 Å². The zero-order valence-corrected chi connectivity index (χ0v) is 9.05. The first-order valence-electron chi connectivity index (χ1n) is 4.97. The van der Waals surface area contributed by atoms with Gasteiger partial charge in [-0.2, -0.15) is 0 Å². The second-order valence-electron chi connectivity index (χ2n) is 3.16. The quantitative estimate of drug-likeness (QED) is 0.400. The lowest BCUT2D eigenvalue weighted by Gasteiger charge is -2.25. The summed E-state index contributed by atoms with van der Waals surface area (Å²) >= 11 is 0. The lowest BCUT2D eigenvalue weighted by Crippen LogP contribution is -2.41. The van der Waals surface area contributed by atoms with E-state index >= 15 is 0 Å².